The maximum Gasteiger partial charge on any atom is 0.459 e. The van der Waals surface area contributed by atoms with Crippen molar-refractivity contribution in [3.05, 3.63) is 65.9 Å². The van der Waals surface area contributed by atoms with Crippen LogP contribution in [0.25, 0.3) is 28.6 Å². The molecular weight excluding hydrogens is 451 g/mol. The van der Waals surface area contributed by atoms with Gasteiger partial charge in [-0.05, 0) is 31.5 Å². The molecule has 0 radical (unpaired) electrons. The van der Waals surface area contributed by atoms with Gasteiger partial charge in [0, 0.05) is 23.6 Å². The summed E-state index contributed by atoms with van der Waals surface area (Å²) in [5.74, 6) is -5.20. The van der Waals surface area contributed by atoms with E-state index < -0.39 is 33.2 Å². The van der Waals surface area contributed by atoms with Crippen LogP contribution in [0.3, 0.4) is 0 Å². The second-order valence-electron chi connectivity index (χ2n) is 7.23. The zero-order chi connectivity index (χ0) is 23.9. The average molecular weight is 470 g/mol. The molecule has 0 aliphatic carbocycles. The topological polar surface area (TPSA) is 52.0 Å². The third kappa shape index (κ3) is 4.32. The molecule has 0 unspecified atom stereocenters. The molecule has 4 nitrogen and oxygen atoms in total. The number of aromatic nitrogens is 2. The van der Waals surface area contributed by atoms with E-state index in [0.717, 1.165) is 18.0 Å². The molecule has 32 heavy (non-hydrogen) atoms. The molecule has 10 heteroatoms. The second-order valence-corrected chi connectivity index (χ2v) is 9.25. The predicted molar refractivity (Wildman–Crippen MR) is 112 cm³/mol. The Morgan fingerprint density at radius 2 is 1.44 bits per heavy atom. The van der Waals surface area contributed by atoms with Gasteiger partial charge in [0.25, 0.3) is 0 Å². The van der Waals surface area contributed by atoms with Crippen LogP contribution in [0.15, 0.2) is 59.5 Å². The van der Waals surface area contributed by atoms with Gasteiger partial charge < -0.3 is 0 Å². The number of allylic oxidation sites excluding steroid dienone is 1. The Hall–Kier alpha value is -3.01. The van der Waals surface area contributed by atoms with Crippen molar-refractivity contribution < 1.29 is 30.4 Å². The molecule has 0 saturated heterocycles. The minimum absolute atomic E-state index is 0.0214. The zero-order valence-electron chi connectivity index (χ0n) is 17.3. The van der Waals surface area contributed by atoms with Crippen molar-refractivity contribution in [1.29, 1.82) is 0 Å². The SMILES string of the molecule is CC=Cn1nc(-c2ccc(S(C)(=O)=O)cc2)c(-c2ccc(C)cc2)c1C(F)(F)C(F)(F)F. The molecule has 1 heterocycles. The van der Waals surface area contributed by atoms with Crippen molar-refractivity contribution in [2.45, 2.75) is 30.8 Å². The lowest BCUT2D eigenvalue weighted by Crippen LogP contribution is -2.35. The smallest absolute Gasteiger partial charge is 0.238 e. The number of halogens is 5. The van der Waals surface area contributed by atoms with E-state index in [0.29, 0.717) is 4.68 Å². The first-order valence-corrected chi connectivity index (χ1v) is 11.2. The highest BCUT2D eigenvalue weighted by Gasteiger charge is 2.62. The standard InChI is InChI=1S/C22H19F5N2O2S/c1-4-13-29-20(21(23,24)22(25,26)27)18(15-7-5-14(2)6-8-15)19(28-29)16-9-11-17(12-10-16)32(3,30)31/h4-13H,1-3H3. The third-order valence-corrected chi connectivity index (χ3v) is 5.88. The molecule has 170 valence electrons. The van der Waals surface area contributed by atoms with Gasteiger partial charge in [0.05, 0.1) is 4.90 Å². The average Bonchev–Trinajstić information content (AvgIpc) is 3.07. The van der Waals surface area contributed by atoms with Gasteiger partial charge in [-0.15, -0.1) is 0 Å². The van der Waals surface area contributed by atoms with Gasteiger partial charge >= 0.3 is 12.1 Å². The number of aryl methyl sites for hydroxylation is 1. The van der Waals surface area contributed by atoms with Crippen LogP contribution >= 0.6 is 0 Å². The van der Waals surface area contributed by atoms with Gasteiger partial charge in [-0.2, -0.15) is 27.1 Å². The molecule has 2 aromatic carbocycles. The van der Waals surface area contributed by atoms with Crippen molar-refractivity contribution in [1.82, 2.24) is 9.78 Å². The van der Waals surface area contributed by atoms with Crippen LogP contribution in [0.1, 0.15) is 18.2 Å². The first-order valence-electron chi connectivity index (χ1n) is 9.35. The van der Waals surface area contributed by atoms with Crippen molar-refractivity contribution in [2.24, 2.45) is 0 Å². The molecule has 0 spiro atoms. The van der Waals surface area contributed by atoms with Crippen molar-refractivity contribution in [3.8, 4) is 22.4 Å². The lowest BCUT2D eigenvalue weighted by molar-refractivity contribution is -0.291. The van der Waals surface area contributed by atoms with E-state index in [1.807, 2.05) is 0 Å². The highest BCUT2D eigenvalue weighted by Crippen LogP contribution is 2.49. The van der Waals surface area contributed by atoms with Gasteiger partial charge in [-0.1, -0.05) is 48.0 Å². The zero-order valence-corrected chi connectivity index (χ0v) is 18.1. The van der Waals surface area contributed by atoms with Crippen molar-refractivity contribution in [2.75, 3.05) is 6.26 Å². The maximum absolute atomic E-state index is 14.7. The van der Waals surface area contributed by atoms with Crippen molar-refractivity contribution in [3.63, 3.8) is 0 Å². The van der Waals surface area contributed by atoms with E-state index in [-0.39, 0.29) is 21.7 Å². The van der Waals surface area contributed by atoms with Gasteiger partial charge in [-0.25, -0.2) is 13.1 Å². The number of hydrogen-bond acceptors (Lipinski definition) is 3. The highest BCUT2D eigenvalue weighted by molar-refractivity contribution is 7.90. The number of nitrogens with zero attached hydrogens (tertiary/aromatic N) is 2. The van der Waals surface area contributed by atoms with Crippen LogP contribution in [0, 0.1) is 6.92 Å². The largest absolute Gasteiger partial charge is 0.459 e. The molecule has 3 aromatic rings. The summed E-state index contributed by atoms with van der Waals surface area (Å²) < 4.78 is 93.7. The van der Waals surface area contributed by atoms with Crippen molar-refractivity contribution >= 4 is 16.0 Å². The fourth-order valence-electron chi connectivity index (χ4n) is 3.17. The summed E-state index contributed by atoms with van der Waals surface area (Å²) in [5.41, 5.74) is -0.752. The van der Waals surface area contributed by atoms with E-state index in [1.165, 1.54) is 49.4 Å². The Morgan fingerprint density at radius 1 is 0.906 bits per heavy atom. The van der Waals surface area contributed by atoms with Crippen LogP contribution in [-0.4, -0.2) is 30.6 Å². The highest BCUT2D eigenvalue weighted by atomic mass is 32.2. The van der Waals surface area contributed by atoms with Crippen LogP contribution in [-0.2, 0) is 15.8 Å². The Labute approximate surface area is 181 Å². The molecule has 3 rings (SSSR count). The second kappa shape index (κ2) is 8.16. The van der Waals surface area contributed by atoms with Crippen LogP contribution < -0.4 is 0 Å². The molecule has 0 bridgehead atoms. The number of sulfone groups is 1. The summed E-state index contributed by atoms with van der Waals surface area (Å²) >= 11 is 0. The Kier molecular flexibility index (Phi) is 6.03. The van der Waals surface area contributed by atoms with Crippen LogP contribution in [0.5, 0.6) is 0 Å². The molecule has 0 saturated carbocycles. The lowest BCUT2D eigenvalue weighted by Gasteiger charge is -2.21. The van der Waals surface area contributed by atoms with E-state index in [1.54, 1.807) is 19.1 Å². The van der Waals surface area contributed by atoms with E-state index in [9.17, 15) is 30.4 Å². The maximum atomic E-state index is 14.7. The molecule has 0 N–H and O–H groups in total. The number of alkyl halides is 5. The van der Waals surface area contributed by atoms with Gasteiger partial charge in [0.2, 0.25) is 0 Å². The first kappa shape index (κ1) is 23.6. The minimum atomic E-state index is -5.86. The fraction of sp³-hybridized carbons (Fsp3) is 0.227. The predicted octanol–water partition coefficient (Wildman–Crippen LogP) is 6.07. The van der Waals surface area contributed by atoms with Gasteiger partial charge in [-0.3, -0.25) is 0 Å². The first-order chi connectivity index (χ1) is 14.8. The molecule has 0 fully saturated rings. The Balaban J connectivity index is 2.40. The quantitative estimate of drug-likeness (QED) is 0.425. The van der Waals surface area contributed by atoms with Crippen LogP contribution in [0.2, 0.25) is 0 Å². The Bertz CT molecular complexity index is 1260. The molecular formula is C22H19F5N2O2S. The lowest BCUT2D eigenvalue weighted by atomic mass is 9.95. The third-order valence-electron chi connectivity index (χ3n) is 4.75. The number of hydrogen-bond donors (Lipinski definition) is 0. The van der Waals surface area contributed by atoms with Crippen LogP contribution in [0.4, 0.5) is 22.0 Å². The van der Waals surface area contributed by atoms with E-state index in [4.69, 9.17) is 0 Å². The molecule has 0 aliphatic rings. The number of benzene rings is 2. The van der Waals surface area contributed by atoms with Gasteiger partial charge in [0.1, 0.15) is 11.4 Å². The summed E-state index contributed by atoms with van der Waals surface area (Å²) in [7, 11) is -3.53. The minimum Gasteiger partial charge on any atom is -0.238 e. The normalized spacial score (nSPS) is 13.1. The monoisotopic (exact) mass is 470 g/mol. The van der Waals surface area contributed by atoms with E-state index >= 15 is 0 Å². The molecule has 0 aliphatic heterocycles. The summed E-state index contributed by atoms with van der Waals surface area (Å²) in [5, 5.41) is 4.04. The fourth-order valence-corrected chi connectivity index (χ4v) is 3.80. The van der Waals surface area contributed by atoms with Gasteiger partial charge in [0.15, 0.2) is 9.84 Å². The Morgan fingerprint density at radius 3 is 1.91 bits per heavy atom. The summed E-state index contributed by atoms with van der Waals surface area (Å²) in [6.45, 7) is 3.21. The summed E-state index contributed by atoms with van der Waals surface area (Å²) in [6.07, 6.45) is -2.55. The summed E-state index contributed by atoms with van der Waals surface area (Å²) in [6, 6.07) is 11.2. The van der Waals surface area contributed by atoms with E-state index in [2.05, 4.69) is 5.10 Å². The number of rotatable bonds is 5. The summed E-state index contributed by atoms with van der Waals surface area (Å²) in [4.78, 5) is -0.0214. The molecule has 1 aromatic heterocycles. The molecule has 0 atom stereocenters. The molecule has 0 amide bonds.